The van der Waals surface area contributed by atoms with Gasteiger partial charge in [-0.15, -0.1) is 0 Å². The van der Waals surface area contributed by atoms with E-state index in [2.05, 4.69) is 24.4 Å². The van der Waals surface area contributed by atoms with E-state index in [0.29, 0.717) is 6.42 Å². The van der Waals surface area contributed by atoms with Gasteiger partial charge in [-0.25, -0.2) is 4.68 Å². The summed E-state index contributed by atoms with van der Waals surface area (Å²) in [7, 11) is 0. The minimum atomic E-state index is 0.0350. The third-order valence-electron chi connectivity index (χ3n) is 4.67. The molecule has 120 valence electrons. The van der Waals surface area contributed by atoms with E-state index < -0.39 is 0 Å². The van der Waals surface area contributed by atoms with E-state index in [1.807, 2.05) is 54.1 Å². The Labute approximate surface area is 141 Å². The van der Waals surface area contributed by atoms with Crippen molar-refractivity contribution in [2.75, 3.05) is 5.32 Å². The normalized spacial score (nSPS) is 16.6. The Hall–Kier alpha value is -2.88. The molecule has 0 spiro atoms. The number of anilines is 1. The molecule has 0 saturated carbocycles. The van der Waals surface area contributed by atoms with Crippen LogP contribution >= 0.6 is 0 Å². The maximum atomic E-state index is 12.4. The summed E-state index contributed by atoms with van der Waals surface area (Å²) in [5, 5.41) is 7.73. The number of amides is 1. The van der Waals surface area contributed by atoms with E-state index in [1.54, 1.807) is 0 Å². The topological polar surface area (TPSA) is 46.9 Å². The number of nitrogens with zero attached hydrogens (tertiary/aromatic N) is 2. The lowest BCUT2D eigenvalue weighted by Crippen LogP contribution is -2.25. The number of hydrogen-bond donors (Lipinski definition) is 1. The van der Waals surface area contributed by atoms with Gasteiger partial charge < -0.3 is 5.32 Å². The smallest absolute Gasteiger partial charge is 0.226 e. The molecule has 3 aromatic rings. The van der Waals surface area contributed by atoms with Gasteiger partial charge in [0.2, 0.25) is 5.91 Å². The molecule has 0 saturated heterocycles. The summed E-state index contributed by atoms with van der Waals surface area (Å²) < 4.78 is 1.84. The first kappa shape index (κ1) is 14.7. The second-order valence-corrected chi connectivity index (χ2v) is 6.26. The summed E-state index contributed by atoms with van der Waals surface area (Å²) in [6.45, 7) is 4.11. The Morgan fingerprint density at radius 1 is 1.04 bits per heavy atom. The number of para-hydroxylation sites is 1. The van der Waals surface area contributed by atoms with Crippen LogP contribution in [0.4, 0.5) is 5.82 Å². The third-order valence-corrected chi connectivity index (χ3v) is 4.67. The molecule has 0 fully saturated rings. The molecule has 4 rings (SSSR count). The van der Waals surface area contributed by atoms with Crippen LogP contribution in [0, 0.1) is 13.8 Å². The fraction of sp³-hybridized carbons (Fsp3) is 0.200. The standard InChI is InChI=1S/C20H19N3O/c1-13-8-6-7-11-16(13)17-12-18(24)21-20-19(17)14(2)22-23(20)15-9-4-3-5-10-15/h3-11,17H,12H2,1-2H3,(H,21,24)/t17-/m1/s1. The third kappa shape index (κ3) is 2.31. The summed E-state index contributed by atoms with van der Waals surface area (Å²) >= 11 is 0. The van der Waals surface area contributed by atoms with E-state index >= 15 is 0 Å². The molecule has 24 heavy (non-hydrogen) atoms. The lowest BCUT2D eigenvalue weighted by Gasteiger charge is -2.25. The van der Waals surface area contributed by atoms with Gasteiger partial charge in [-0.1, -0.05) is 42.5 Å². The Morgan fingerprint density at radius 2 is 1.75 bits per heavy atom. The molecule has 2 heterocycles. The number of benzene rings is 2. The van der Waals surface area contributed by atoms with Crippen molar-refractivity contribution in [3.63, 3.8) is 0 Å². The fourth-order valence-electron chi connectivity index (χ4n) is 3.55. The number of fused-ring (bicyclic) bond motifs is 1. The number of aryl methyl sites for hydroxylation is 2. The van der Waals surface area contributed by atoms with Crippen molar-refractivity contribution in [1.82, 2.24) is 9.78 Å². The fourth-order valence-corrected chi connectivity index (χ4v) is 3.55. The van der Waals surface area contributed by atoms with Crippen LogP contribution in [0.5, 0.6) is 0 Å². The maximum Gasteiger partial charge on any atom is 0.226 e. The highest BCUT2D eigenvalue weighted by Crippen LogP contribution is 2.41. The van der Waals surface area contributed by atoms with Crippen LogP contribution in [0.15, 0.2) is 54.6 Å². The maximum absolute atomic E-state index is 12.4. The van der Waals surface area contributed by atoms with Crippen molar-refractivity contribution < 1.29 is 4.79 Å². The summed E-state index contributed by atoms with van der Waals surface area (Å²) in [5.41, 5.74) is 5.43. The minimum absolute atomic E-state index is 0.0350. The van der Waals surface area contributed by atoms with Gasteiger partial charge in [0.15, 0.2) is 0 Å². The molecule has 0 unspecified atom stereocenters. The zero-order valence-corrected chi connectivity index (χ0v) is 13.8. The number of hydrogen-bond acceptors (Lipinski definition) is 2. The van der Waals surface area contributed by atoms with Crippen molar-refractivity contribution in [3.05, 3.63) is 77.0 Å². The second kappa shape index (κ2) is 5.64. The van der Waals surface area contributed by atoms with Crippen LogP contribution < -0.4 is 5.32 Å². The summed E-state index contributed by atoms with van der Waals surface area (Å²) in [6, 6.07) is 18.2. The van der Waals surface area contributed by atoms with E-state index in [1.165, 1.54) is 11.1 Å². The number of nitrogens with one attached hydrogen (secondary N) is 1. The van der Waals surface area contributed by atoms with Gasteiger partial charge in [-0.3, -0.25) is 4.79 Å². The van der Waals surface area contributed by atoms with Gasteiger partial charge >= 0.3 is 0 Å². The number of rotatable bonds is 2. The van der Waals surface area contributed by atoms with Crippen LogP contribution in [0.2, 0.25) is 0 Å². The Balaban J connectivity index is 1.91. The molecule has 0 radical (unpaired) electrons. The van der Waals surface area contributed by atoms with Crippen molar-refractivity contribution in [3.8, 4) is 5.69 Å². The molecular formula is C20H19N3O. The molecule has 1 amide bonds. The Morgan fingerprint density at radius 3 is 2.50 bits per heavy atom. The zero-order valence-electron chi connectivity index (χ0n) is 13.8. The second-order valence-electron chi connectivity index (χ2n) is 6.26. The predicted molar refractivity (Wildman–Crippen MR) is 94.6 cm³/mol. The molecule has 1 aromatic heterocycles. The predicted octanol–water partition coefficient (Wildman–Crippen LogP) is 3.96. The van der Waals surface area contributed by atoms with Crippen molar-refractivity contribution >= 4 is 11.7 Å². The zero-order chi connectivity index (χ0) is 16.7. The van der Waals surface area contributed by atoms with Gasteiger partial charge in [0.25, 0.3) is 0 Å². The van der Waals surface area contributed by atoms with Crippen LogP contribution in [0.25, 0.3) is 5.69 Å². The lowest BCUT2D eigenvalue weighted by molar-refractivity contribution is -0.116. The van der Waals surface area contributed by atoms with Crippen LogP contribution in [0.1, 0.15) is 34.7 Å². The first-order chi connectivity index (χ1) is 11.6. The summed E-state index contributed by atoms with van der Waals surface area (Å²) in [5.74, 6) is 0.878. The van der Waals surface area contributed by atoms with Crippen LogP contribution in [0.3, 0.4) is 0 Å². The number of carbonyl (C=O) groups is 1. The molecule has 1 aliphatic rings. The average molecular weight is 317 g/mol. The van der Waals surface area contributed by atoms with E-state index in [-0.39, 0.29) is 11.8 Å². The van der Waals surface area contributed by atoms with Crippen LogP contribution in [-0.2, 0) is 4.79 Å². The molecule has 0 aliphatic carbocycles. The van der Waals surface area contributed by atoms with E-state index in [4.69, 9.17) is 5.10 Å². The molecule has 2 aromatic carbocycles. The largest absolute Gasteiger partial charge is 0.310 e. The van der Waals surface area contributed by atoms with Crippen LogP contribution in [-0.4, -0.2) is 15.7 Å². The molecule has 1 atom stereocenters. The van der Waals surface area contributed by atoms with Gasteiger partial charge in [0.1, 0.15) is 5.82 Å². The highest BCUT2D eigenvalue weighted by atomic mass is 16.1. The first-order valence-electron chi connectivity index (χ1n) is 8.15. The van der Waals surface area contributed by atoms with Gasteiger partial charge in [-0.2, -0.15) is 5.10 Å². The highest BCUT2D eigenvalue weighted by Gasteiger charge is 2.33. The van der Waals surface area contributed by atoms with Crippen molar-refractivity contribution in [2.24, 2.45) is 0 Å². The molecular weight excluding hydrogens is 298 g/mol. The summed E-state index contributed by atoms with van der Waals surface area (Å²) in [6.07, 6.45) is 0.458. The highest BCUT2D eigenvalue weighted by molar-refractivity contribution is 5.95. The Kier molecular flexibility index (Phi) is 3.45. The minimum Gasteiger partial charge on any atom is -0.310 e. The van der Waals surface area contributed by atoms with Crippen molar-refractivity contribution in [1.29, 1.82) is 0 Å². The van der Waals surface area contributed by atoms with Crippen molar-refractivity contribution in [2.45, 2.75) is 26.2 Å². The van der Waals surface area contributed by atoms with E-state index in [9.17, 15) is 4.79 Å². The SMILES string of the molecule is Cc1ccccc1[C@H]1CC(=O)Nc2c1c(C)nn2-c1ccccc1. The number of carbonyl (C=O) groups excluding carboxylic acids is 1. The average Bonchev–Trinajstić information content (AvgIpc) is 2.92. The molecule has 0 bridgehead atoms. The van der Waals surface area contributed by atoms with Gasteiger partial charge in [0, 0.05) is 17.9 Å². The summed E-state index contributed by atoms with van der Waals surface area (Å²) in [4.78, 5) is 12.4. The van der Waals surface area contributed by atoms with Gasteiger partial charge in [0.05, 0.1) is 11.4 Å². The number of aromatic nitrogens is 2. The Bertz CT molecular complexity index is 912. The van der Waals surface area contributed by atoms with Gasteiger partial charge in [-0.05, 0) is 37.1 Å². The first-order valence-corrected chi connectivity index (χ1v) is 8.15. The molecule has 1 aliphatic heterocycles. The monoisotopic (exact) mass is 317 g/mol. The lowest BCUT2D eigenvalue weighted by atomic mass is 9.84. The quantitative estimate of drug-likeness (QED) is 0.777. The molecule has 1 N–H and O–H groups in total. The van der Waals surface area contributed by atoms with E-state index in [0.717, 1.165) is 22.8 Å². The molecule has 4 heteroatoms. The molecule has 4 nitrogen and oxygen atoms in total.